The molecular formula is C22H20O4. The monoisotopic (exact) mass is 348 g/mol. The normalized spacial score (nSPS) is 10.5. The van der Waals surface area contributed by atoms with E-state index in [1.165, 1.54) is 6.92 Å². The number of Topliss-reactive ketones (excluding diaryl/α,β-unsaturated/α-hetero) is 1. The van der Waals surface area contributed by atoms with Crippen molar-refractivity contribution in [2.24, 2.45) is 0 Å². The van der Waals surface area contributed by atoms with Crippen LogP contribution in [0.3, 0.4) is 0 Å². The van der Waals surface area contributed by atoms with Gasteiger partial charge in [0.05, 0.1) is 13.5 Å². The zero-order valence-electron chi connectivity index (χ0n) is 14.8. The minimum absolute atomic E-state index is 0.0450. The van der Waals surface area contributed by atoms with Crippen LogP contribution in [-0.4, -0.2) is 18.9 Å². The maximum atomic E-state index is 12.2. The average molecular weight is 348 g/mol. The first-order valence-corrected chi connectivity index (χ1v) is 8.38. The molecule has 0 fully saturated rings. The molecule has 0 saturated carbocycles. The van der Waals surface area contributed by atoms with Gasteiger partial charge in [0.2, 0.25) is 0 Å². The number of fused-ring (bicyclic) bond motifs is 1. The van der Waals surface area contributed by atoms with Crippen molar-refractivity contribution in [3.05, 3.63) is 77.4 Å². The minimum atomic E-state index is -0.324. The molecule has 0 radical (unpaired) electrons. The van der Waals surface area contributed by atoms with Crippen molar-refractivity contribution >= 4 is 22.5 Å². The van der Waals surface area contributed by atoms with E-state index in [4.69, 9.17) is 9.47 Å². The number of ketones is 1. The smallest absolute Gasteiger partial charge is 0.310 e. The number of hydrogen-bond acceptors (Lipinski definition) is 4. The Balaban J connectivity index is 1.68. The zero-order valence-corrected chi connectivity index (χ0v) is 14.8. The van der Waals surface area contributed by atoms with Crippen LogP contribution in [0.25, 0.3) is 10.8 Å². The topological polar surface area (TPSA) is 52.6 Å². The summed E-state index contributed by atoms with van der Waals surface area (Å²) in [5.74, 6) is 0.223. The van der Waals surface area contributed by atoms with Crippen LogP contribution in [0.15, 0.2) is 60.7 Å². The summed E-state index contributed by atoms with van der Waals surface area (Å²) < 4.78 is 10.7. The highest BCUT2D eigenvalue weighted by Crippen LogP contribution is 2.22. The predicted molar refractivity (Wildman–Crippen MR) is 100 cm³/mol. The highest BCUT2D eigenvalue weighted by atomic mass is 16.5. The van der Waals surface area contributed by atoms with Crippen LogP contribution in [0, 0.1) is 0 Å². The number of methoxy groups -OCH3 is 1. The van der Waals surface area contributed by atoms with Crippen LogP contribution in [0.5, 0.6) is 5.75 Å². The van der Waals surface area contributed by atoms with Gasteiger partial charge in [0.15, 0.2) is 5.78 Å². The molecule has 0 unspecified atom stereocenters. The van der Waals surface area contributed by atoms with E-state index in [9.17, 15) is 9.59 Å². The van der Waals surface area contributed by atoms with Crippen molar-refractivity contribution in [2.75, 3.05) is 7.11 Å². The second kappa shape index (κ2) is 7.83. The van der Waals surface area contributed by atoms with Crippen molar-refractivity contribution in [3.8, 4) is 5.75 Å². The van der Waals surface area contributed by atoms with E-state index >= 15 is 0 Å². The predicted octanol–water partition coefficient (Wildman–Crippen LogP) is 4.34. The van der Waals surface area contributed by atoms with Crippen molar-refractivity contribution in [2.45, 2.75) is 20.0 Å². The van der Waals surface area contributed by atoms with Crippen molar-refractivity contribution in [3.63, 3.8) is 0 Å². The molecule has 0 spiro atoms. The Morgan fingerprint density at radius 1 is 0.923 bits per heavy atom. The standard InChI is InChI=1S/C22H20O4/c1-15(23)18-9-10-21(25-2)20(13-18)14-26-22(24)12-16-7-8-17-5-3-4-6-19(17)11-16/h3-11,13H,12,14H2,1-2H3. The van der Waals surface area contributed by atoms with Crippen LogP contribution in [-0.2, 0) is 22.6 Å². The minimum Gasteiger partial charge on any atom is -0.496 e. The zero-order chi connectivity index (χ0) is 18.5. The van der Waals surface area contributed by atoms with E-state index in [1.54, 1.807) is 25.3 Å². The summed E-state index contributed by atoms with van der Waals surface area (Å²) in [6.45, 7) is 1.56. The van der Waals surface area contributed by atoms with Gasteiger partial charge in [0.25, 0.3) is 0 Å². The van der Waals surface area contributed by atoms with Crippen LogP contribution in [0.4, 0.5) is 0 Å². The molecule has 3 aromatic carbocycles. The van der Waals surface area contributed by atoms with Crippen LogP contribution in [0.1, 0.15) is 28.4 Å². The van der Waals surface area contributed by atoms with Crippen molar-refractivity contribution in [1.82, 2.24) is 0 Å². The van der Waals surface area contributed by atoms with E-state index in [0.717, 1.165) is 16.3 Å². The number of carbonyl (C=O) groups is 2. The lowest BCUT2D eigenvalue weighted by atomic mass is 10.1. The summed E-state index contributed by atoms with van der Waals surface area (Å²) in [5.41, 5.74) is 2.14. The van der Waals surface area contributed by atoms with Crippen LogP contribution < -0.4 is 4.74 Å². The Labute approximate surface area is 152 Å². The molecule has 0 aliphatic carbocycles. The molecule has 0 saturated heterocycles. The summed E-state index contributed by atoms with van der Waals surface area (Å²) in [6, 6.07) is 19.0. The summed E-state index contributed by atoms with van der Waals surface area (Å²) in [5, 5.41) is 2.23. The molecule has 0 aromatic heterocycles. The first kappa shape index (κ1) is 17.7. The molecule has 0 bridgehead atoms. The molecule has 0 amide bonds. The Hall–Kier alpha value is -3.14. The molecular weight excluding hydrogens is 328 g/mol. The third-order valence-electron chi connectivity index (χ3n) is 4.24. The third-order valence-corrected chi connectivity index (χ3v) is 4.24. The fourth-order valence-electron chi connectivity index (χ4n) is 2.84. The van der Waals surface area contributed by atoms with E-state index in [0.29, 0.717) is 16.9 Å². The Morgan fingerprint density at radius 2 is 1.69 bits per heavy atom. The maximum Gasteiger partial charge on any atom is 0.310 e. The lowest BCUT2D eigenvalue weighted by molar-refractivity contribution is -0.144. The first-order chi connectivity index (χ1) is 12.6. The number of hydrogen-bond donors (Lipinski definition) is 0. The van der Waals surface area contributed by atoms with Crippen molar-refractivity contribution < 1.29 is 19.1 Å². The van der Waals surface area contributed by atoms with Gasteiger partial charge in [-0.3, -0.25) is 9.59 Å². The maximum absolute atomic E-state index is 12.2. The number of rotatable bonds is 6. The fourth-order valence-corrected chi connectivity index (χ4v) is 2.84. The van der Waals surface area contributed by atoms with Gasteiger partial charge in [-0.15, -0.1) is 0 Å². The average Bonchev–Trinajstić information content (AvgIpc) is 2.66. The van der Waals surface area contributed by atoms with Gasteiger partial charge < -0.3 is 9.47 Å². The number of esters is 1. The molecule has 0 aliphatic rings. The van der Waals surface area contributed by atoms with Gasteiger partial charge in [0.1, 0.15) is 12.4 Å². The van der Waals surface area contributed by atoms with E-state index < -0.39 is 0 Å². The summed E-state index contributed by atoms with van der Waals surface area (Å²) in [4.78, 5) is 23.7. The largest absolute Gasteiger partial charge is 0.496 e. The lowest BCUT2D eigenvalue weighted by Crippen LogP contribution is -2.09. The van der Waals surface area contributed by atoms with E-state index in [1.807, 2.05) is 42.5 Å². The Kier molecular flexibility index (Phi) is 5.32. The fraction of sp³-hybridized carbons (Fsp3) is 0.182. The van der Waals surface area contributed by atoms with Gasteiger partial charge in [-0.1, -0.05) is 42.5 Å². The third kappa shape index (κ3) is 4.09. The van der Waals surface area contributed by atoms with E-state index in [2.05, 4.69) is 0 Å². The van der Waals surface area contributed by atoms with Gasteiger partial charge >= 0.3 is 5.97 Å². The second-order valence-corrected chi connectivity index (χ2v) is 6.10. The molecule has 0 N–H and O–H groups in total. The molecule has 132 valence electrons. The van der Waals surface area contributed by atoms with Crippen molar-refractivity contribution in [1.29, 1.82) is 0 Å². The van der Waals surface area contributed by atoms with Gasteiger partial charge in [-0.25, -0.2) is 0 Å². The number of benzene rings is 3. The quantitative estimate of drug-likeness (QED) is 0.491. The molecule has 0 heterocycles. The lowest BCUT2D eigenvalue weighted by Gasteiger charge is -2.11. The van der Waals surface area contributed by atoms with Gasteiger partial charge in [-0.2, -0.15) is 0 Å². The number of ether oxygens (including phenoxy) is 2. The second-order valence-electron chi connectivity index (χ2n) is 6.10. The molecule has 3 rings (SSSR count). The summed E-state index contributed by atoms with van der Waals surface area (Å²) in [7, 11) is 1.54. The molecule has 3 aromatic rings. The molecule has 0 atom stereocenters. The van der Waals surface area contributed by atoms with Crippen LogP contribution >= 0.6 is 0 Å². The Bertz CT molecular complexity index is 959. The molecule has 4 nitrogen and oxygen atoms in total. The number of carbonyl (C=O) groups excluding carboxylic acids is 2. The first-order valence-electron chi connectivity index (χ1n) is 8.38. The summed E-state index contributed by atoms with van der Waals surface area (Å²) in [6.07, 6.45) is 0.194. The highest BCUT2D eigenvalue weighted by Gasteiger charge is 2.11. The highest BCUT2D eigenvalue weighted by molar-refractivity contribution is 5.94. The van der Waals surface area contributed by atoms with Crippen LogP contribution in [0.2, 0.25) is 0 Å². The van der Waals surface area contributed by atoms with Gasteiger partial charge in [0, 0.05) is 11.1 Å². The van der Waals surface area contributed by atoms with E-state index in [-0.39, 0.29) is 24.8 Å². The summed E-state index contributed by atoms with van der Waals surface area (Å²) >= 11 is 0. The molecule has 0 aliphatic heterocycles. The SMILES string of the molecule is COc1ccc(C(C)=O)cc1COC(=O)Cc1ccc2ccccc2c1. The Morgan fingerprint density at radius 3 is 2.42 bits per heavy atom. The molecule has 26 heavy (non-hydrogen) atoms. The van der Waals surface area contributed by atoms with Gasteiger partial charge in [-0.05, 0) is 41.5 Å². The molecule has 4 heteroatoms.